The molecule has 1 aliphatic rings. The number of halogens is 3. The molecule has 1 fully saturated rings. The molecule has 2 amide bonds. The van der Waals surface area contributed by atoms with Gasteiger partial charge in [-0.25, -0.2) is 15.0 Å². The first-order chi connectivity index (χ1) is 16.2. The number of pyridine rings is 1. The Kier molecular flexibility index (Phi) is 6.30. The van der Waals surface area contributed by atoms with Gasteiger partial charge in [0.15, 0.2) is 0 Å². The van der Waals surface area contributed by atoms with Crippen LogP contribution in [0.3, 0.4) is 0 Å². The largest absolute Gasteiger partial charge is 0.433 e. The second-order valence-corrected chi connectivity index (χ2v) is 7.58. The maximum atomic E-state index is 13.0. The van der Waals surface area contributed by atoms with Crippen molar-refractivity contribution in [2.45, 2.75) is 25.6 Å². The summed E-state index contributed by atoms with van der Waals surface area (Å²) in [6, 6.07) is 8.86. The molecule has 4 rings (SSSR count). The van der Waals surface area contributed by atoms with Gasteiger partial charge in [0.05, 0.1) is 0 Å². The van der Waals surface area contributed by atoms with E-state index in [-0.39, 0.29) is 23.8 Å². The van der Waals surface area contributed by atoms with Gasteiger partial charge in [-0.2, -0.15) is 13.2 Å². The fourth-order valence-corrected chi connectivity index (χ4v) is 3.41. The van der Waals surface area contributed by atoms with E-state index >= 15 is 0 Å². The van der Waals surface area contributed by atoms with Crippen LogP contribution in [0, 0.1) is 0 Å². The number of rotatable bonds is 6. The number of hydrogen-bond acceptors (Lipinski definition) is 7. The molecular weight excluding hydrogens is 451 g/mol. The summed E-state index contributed by atoms with van der Waals surface area (Å²) < 4.78 is 38.9. The van der Waals surface area contributed by atoms with Crippen LogP contribution in [-0.4, -0.2) is 39.4 Å². The third-order valence-corrected chi connectivity index (χ3v) is 4.92. The Balaban J connectivity index is 1.60. The Morgan fingerprint density at radius 1 is 1.09 bits per heavy atom. The van der Waals surface area contributed by atoms with Crippen LogP contribution in [0.1, 0.15) is 19.0 Å². The monoisotopic (exact) mass is 471 g/mol. The number of anilines is 4. The number of hydrogen-bond donors (Lipinski definition) is 4. The molecule has 12 heteroatoms. The molecule has 0 aliphatic carbocycles. The highest BCUT2D eigenvalue weighted by Crippen LogP contribution is 2.31. The number of amides is 2. The zero-order chi connectivity index (χ0) is 24.3. The topological polar surface area (TPSA) is 121 Å². The average Bonchev–Trinajstić information content (AvgIpc) is 3.17. The zero-order valence-corrected chi connectivity index (χ0v) is 17.9. The Labute approximate surface area is 192 Å². The predicted octanol–water partition coefficient (Wildman–Crippen LogP) is 3.56. The molecule has 1 unspecified atom stereocenters. The van der Waals surface area contributed by atoms with Crippen molar-refractivity contribution in [3.63, 3.8) is 0 Å². The molecular formula is C22H20F3N7O2. The van der Waals surface area contributed by atoms with E-state index in [9.17, 15) is 22.8 Å². The van der Waals surface area contributed by atoms with Crippen LogP contribution in [-0.2, 0) is 15.8 Å². The van der Waals surface area contributed by atoms with Gasteiger partial charge in [0, 0.05) is 42.8 Å². The number of benzene rings is 1. The Hall–Kier alpha value is -4.22. The van der Waals surface area contributed by atoms with Gasteiger partial charge in [0.1, 0.15) is 17.6 Å². The lowest BCUT2D eigenvalue weighted by Gasteiger charge is -2.13. The van der Waals surface area contributed by atoms with E-state index in [0.717, 1.165) is 12.3 Å². The molecule has 0 radical (unpaired) electrons. The second-order valence-electron chi connectivity index (χ2n) is 7.58. The molecule has 9 nitrogen and oxygen atoms in total. The van der Waals surface area contributed by atoms with E-state index < -0.39 is 11.9 Å². The highest BCUT2D eigenvalue weighted by Gasteiger charge is 2.32. The summed E-state index contributed by atoms with van der Waals surface area (Å²) in [6.45, 7) is 1.95. The van der Waals surface area contributed by atoms with E-state index in [1.807, 2.05) is 0 Å². The molecule has 176 valence electrons. The Morgan fingerprint density at radius 2 is 1.88 bits per heavy atom. The molecule has 0 bridgehead atoms. The van der Waals surface area contributed by atoms with Crippen LogP contribution >= 0.6 is 0 Å². The highest BCUT2D eigenvalue weighted by atomic mass is 19.4. The van der Waals surface area contributed by atoms with E-state index in [1.165, 1.54) is 6.92 Å². The van der Waals surface area contributed by atoms with Gasteiger partial charge in [-0.15, -0.1) is 0 Å². The number of nitrogens with one attached hydrogen (secondary N) is 4. The number of carbonyl (C=O) groups is 2. The first-order valence-electron chi connectivity index (χ1n) is 10.3. The summed E-state index contributed by atoms with van der Waals surface area (Å²) in [5, 5.41) is 11.2. The zero-order valence-electron chi connectivity index (χ0n) is 17.9. The van der Waals surface area contributed by atoms with Crippen LogP contribution in [0.4, 0.5) is 36.3 Å². The van der Waals surface area contributed by atoms with Crippen molar-refractivity contribution in [3.05, 3.63) is 54.5 Å². The molecule has 1 aliphatic heterocycles. The molecule has 3 aromatic rings. The van der Waals surface area contributed by atoms with Crippen molar-refractivity contribution in [1.29, 1.82) is 0 Å². The van der Waals surface area contributed by atoms with Gasteiger partial charge in [-0.3, -0.25) is 9.59 Å². The van der Waals surface area contributed by atoms with E-state index in [0.29, 0.717) is 41.3 Å². The Morgan fingerprint density at radius 3 is 2.53 bits per heavy atom. The van der Waals surface area contributed by atoms with Crippen molar-refractivity contribution in [3.8, 4) is 11.1 Å². The molecule has 1 aromatic carbocycles. The van der Waals surface area contributed by atoms with Gasteiger partial charge in [-0.1, -0.05) is 0 Å². The minimum Gasteiger partial charge on any atom is -0.358 e. The van der Waals surface area contributed by atoms with Crippen LogP contribution < -0.4 is 21.3 Å². The third kappa shape index (κ3) is 5.57. The van der Waals surface area contributed by atoms with Crippen molar-refractivity contribution in [2.24, 2.45) is 0 Å². The van der Waals surface area contributed by atoms with E-state index in [1.54, 1.807) is 36.5 Å². The third-order valence-electron chi connectivity index (χ3n) is 4.92. The van der Waals surface area contributed by atoms with Gasteiger partial charge >= 0.3 is 6.18 Å². The standard InChI is InChI=1S/C22H20F3N7O2/c1-12(33)29-15-8-14(13-2-3-19(28-11-13)31-17-4-6-26-20(17)34)9-16(10-15)30-21-27-7-5-18(32-21)22(23,24)25/h2-3,5,7-11,17H,4,6H2,1H3,(H,26,34)(H,28,31)(H,29,33)(H,27,30,32). The summed E-state index contributed by atoms with van der Waals surface area (Å²) in [6.07, 6.45) is -1.35. The van der Waals surface area contributed by atoms with E-state index in [2.05, 4.69) is 36.2 Å². The molecule has 1 saturated heterocycles. The van der Waals surface area contributed by atoms with E-state index in [4.69, 9.17) is 0 Å². The number of carbonyl (C=O) groups excluding carboxylic acids is 2. The maximum absolute atomic E-state index is 13.0. The first-order valence-corrected chi connectivity index (χ1v) is 10.3. The molecule has 2 aromatic heterocycles. The maximum Gasteiger partial charge on any atom is 0.433 e. The summed E-state index contributed by atoms with van der Waals surface area (Å²) in [4.78, 5) is 35.0. The molecule has 4 N–H and O–H groups in total. The molecule has 34 heavy (non-hydrogen) atoms. The Bertz CT molecular complexity index is 1220. The molecule has 1 atom stereocenters. The van der Waals surface area contributed by atoms with Crippen LogP contribution in [0.15, 0.2) is 48.8 Å². The fraction of sp³-hybridized carbons (Fsp3) is 0.227. The predicted molar refractivity (Wildman–Crippen MR) is 119 cm³/mol. The summed E-state index contributed by atoms with van der Waals surface area (Å²) >= 11 is 0. The second kappa shape index (κ2) is 9.33. The van der Waals surface area contributed by atoms with Crippen molar-refractivity contribution in [2.75, 3.05) is 22.5 Å². The summed E-state index contributed by atoms with van der Waals surface area (Å²) in [5.41, 5.74) is 1.03. The minimum atomic E-state index is -4.61. The lowest BCUT2D eigenvalue weighted by atomic mass is 10.1. The number of aromatic nitrogens is 3. The van der Waals surface area contributed by atoms with Gasteiger partial charge in [-0.05, 0) is 48.4 Å². The fourth-order valence-electron chi connectivity index (χ4n) is 3.41. The number of nitrogens with zero attached hydrogens (tertiary/aromatic N) is 3. The van der Waals surface area contributed by atoms with Crippen molar-refractivity contribution < 1.29 is 22.8 Å². The molecule has 0 spiro atoms. The van der Waals surface area contributed by atoms with Gasteiger partial charge < -0.3 is 21.3 Å². The molecule has 3 heterocycles. The molecule has 0 saturated carbocycles. The normalized spacial score (nSPS) is 15.5. The summed E-state index contributed by atoms with van der Waals surface area (Å²) in [5.74, 6) is -0.111. The quantitative estimate of drug-likeness (QED) is 0.434. The summed E-state index contributed by atoms with van der Waals surface area (Å²) in [7, 11) is 0. The van der Waals surface area contributed by atoms with Crippen LogP contribution in [0.2, 0.25) is 0 Å². The van der Waals surface area contributed by atoms with Gasteiger partial charge in [0.2, 0.25) is 17.8 Å². The van der Waals surface area contributed by atoms with Crippen molar-refractivity contribution >= 4 is 35.0 Å². The lowest BCUT2D eigenvalue weighted by Crippen LogP contribution is -2.29. The lowest BCUT2D eigenvalue weighted by molar-refractivity contribution is -0.141. The minimum absolute atomic E-state index is 0.0820. The first kappa shape index (κ1) is 23.0. The SMILES string of the molecule is CC(=O)Nc1cc(Nc2nccc(C(F)(F)F)n2)cc(-c2ccc(NC3CCNC3=O)nc2)c1. The van der Waals surface area contributed by atoms with Crippen molar-refractivity contribution in [1.82, 2.24) is 20.3 Å². The highest BCUT2D eigenvalue weighted by molar-refractivity contribution is 5.91. The smallest absolute Gasteiger partial charge is 0.358 e. The number of alkyl halides is 3. The van der Waals surface area contributed by atoms with Crippen LogP contribution in [0.5, 0.6) is 0 Å². The van der Waals surface area contributed by atoms with Gasteiger partial charge in [0.25, 0.3) is 0 Å². The average molecular weight is 471 g/mol. The van der Waals surface area contributed by atoms with Crippen LogP contribution in [0.25, 0.3) is 11.1 Å².